The first-order valence-corrected chi connectivity index (χ1v) is 33.1. The second-order valence-electron chi connectivity index (χ2n) is 22.4. The van der Waals surface area contributed by atoms with Crippen molar-refractivity contribution in [1.82, 2.24) is 0 Å². The minimum Gasteiger partial charge on any atom is -0.462 e. The normalized spacial score (nSPS) is 12.3. The maximum Gasteiger partial charge on any atom is 0.306 e. The lowest BCUT2D eigenvalue weighted by Gasteiger charge is -2.18. The van der Waals surface area contributed by atoms with Crippen LogP contribution in [0.15, 0.2) is 48.6 Å². The molecule has 0 saturated carbocycles. The van der Waals surface area contributed by atoms with Crippen molar-refractivity contribution in [3.8, 4) is 0 Å². The van der Waals surface area contributed by atoms with Crippen molar-refractivity contribution >= 4 is 17.9 Å². The van der Waals surface area contributed by atoms with E-state index in [1.807, 2.05) is 0 Å². The third-order valence-electron chi connectivity index (χ3n) is 14.8. The Balaban J connectivity index is 4.33. The number of rotatable bonds is 61. The van der Waals surface area contributed by atoms with Crippen LogP contribution in [-0.4, -0.2) is 37.2 Å². The van der Waals surface area contributed by atoms with E-state index in [1.54, 1.807) is 0 Å². The van der Waals surface area contributed by atoms with Gasteiger partial charge in [-0.05, 0) is 83.5 Å². The summed E-state index contributed by atoms with van der Waals surface area (Å²) in [5.41, 5.74) is 0. The lowest BCUT2D eigenvalue weighted by atomic mass is 10.0. The van der Waals surface area contributed by atoms with Crippen molar-refractivity contribution in [1.29, 1.82) is 0 Å². The predicted molar refractivity (Wildman–Crippen MR) is 325 cm³/mol. The fourth-order valence-electron chi connectivity index (χ4n) is 9.80. The van der Waals surface area contributed by atoms with Crippen LogP contribution in [0.1, 0.15) is 355 Å². The highest BCUT2D eigenvalue weighted by molar-refractivity contribution is 5.71. The minimum absolute atomic E-state index is 0.0723. The van der Waals surface area contributed by atoms with E-state index in [0.717, 1.165) is 77.0 Å². The largest absolute Gasteiger partial charge is 0.462 e. The molecule has 0 saturated heterocycles. The molecule has 0 amide bonds. The first-order valence-electron chi connectivity index (χ1n) is 33.1. The average molecular weight is 1050 g/mol. The van der Waals surface area contributed by atoms with Gasteiger partial charge in [0.1, 0.15) is 13.2 Å². The van der Waals surface area contributed by atoms with Crippen LogP contribution in [0.5, 0.6) is 0 Å². The number of unbranched alkanes of at least 4 members (excludes halogenated alkanes) is 42. The van der Waals surface area contributed by atoms with Gasteiger partial charge in [-0.2, -0.15) is 0 Å². The molecular weight excluding hydrogens is 925 g/mol. The Bertz CT molecular complexity index is 1300. The summed E-state index contributed by atoms with van der Waals surface area (Å²) in [6.45, 7) is 6.67. The van der Waals surface area contributed by atoms with Crippen molar-refractivity contribution in [2.75, 3.05) is 13.2 Å². The van der Waals surface area contributed by atoms with Crippen molar-refractivity contribution < 1.29 is 28.6 Å². The summed E-state index contributed by atoms with van der Waals surface area (Å²) in [4.78, 5) is 38.4. The van der Waals surface area contributed by atoms with Gasteiger partial charge in [0.25, 0.3) is 0 Å². The van der Waals surface area contributed by atoms with Crippen molar-refractivity contribution in [3.05, 3.63) is 48.6 Å². The summed E-state index contributed by atoms with van der Waals surface area (Å²) in [5.74, 6) is -0.859. The van der Waals surface area contributed by atoms with E-state index in [-0.39, 0.29) is 31.1 Å². The number of ether oxygens (including phenoxy) is 3. The Kier molecular flexibility index (Phi) is 61.7. The van der Waals surface area contributed by atoms with Gasteiger partial charge < -0.3 is 14.2 Å². The van der Waals surface area contributed by atoms with E-state index in [9.17, 15) is 14.4 Å². The quantitative estimate of drug-likeness (QED) is 0.0261. The third-order valence-corrected chi connectivity index (χ3v) is 14.8. The molecule has 0 aromatic heterocycles. The fraction of sp³-hybridized carbons (Fsp3) is 0.841. The lowest BCUT2D eigenvalue weighted by molar-refractivity contribution is -0.167. The zero-order valence-corrected chi connectivity index (χ0v) is 50.3. The molecule has 0 aliphatic carbocycles. The molecule has 0 spiro atoms. The minimum atomic E-state index is -0.776. The monoisotopic (exact) mass is 1050 g/mol. The van der Waals surface area contributed by atoms with Gasteiger partial charge in [0.2, 0.25) is 0 Å². The van der Waals surface area contributed by atoms with Gasteiger partial charge in [-0.15, -0.1) is 0 Å². The Labute approximate surface area is 467 Å². The molecule has 6 heteroatoms. The summed E-state index contributed by atoms with van der Waals surface area (Å²) in [7, 11) is 0. The van der Waals surface area contributed by atoms with E-state index < -0.39 is 6.10 Å². The van der Waals surface area contributed by atoms with Crippen molar-refractivity contribution in [3.63, 3.8) is 0 Å². The van der Waals surface area contributed by atoms with Gasteiger partial charge in [0.15, 0.2) is 6.10 Å². The van der Waals surface area contributed by atoms with Gasteiger partial charge in [0.05, 0.1) is 0 Å². The van der Waals surface area contributed by atoms with Gasteiger partial charge in [0, 0.05) is 19.3 Å². The zero-order chi connectivity index (χ0) is 54.3. The Hall–Kier alpha value is -2.63. The molecule has 0 bridgehead atoms. The highest BCUT2D eigenvalue weighted by Crippen LogP contribution is 2.17. The average Bonchev–Trinajstić information content (AvgIpc) is 3.41. The second-order valence-corrected chi connectivity index (χ2v) is 22.4. The van der Waals surface area contributed by atoms with Crippen LogP contribution in [-0.2, 0) is 28.6 Å². The van der Waals surface area contributed by atoms with Crippen LogP contribution in [0, 0.1) is 0 Å². The summed E-state index contributed by atoms with van der Waals surface area (Å²) in [6, 6.07) is 0. The van der Waals surface area contributed by atoms with Gasteiger partial charge in [-0.3, -0.25) is 14.4 Å². The van der Waals surface area contributed by atoms with Crippen LogP contribution in [0.3, 0.4) is 0 Å². The molecular formula is C69H126O6. The highest BCUT2D eigenvalue weighted by Gasteiger charge is 2.19. The van der Waals surface area contributed by atoms with Gasteiger partial charge in [-0.1, -0.05) is 301 Å². The maximum atomic E-state index is 12.9. The molecule has 0 N–H and O–H groups in total. The fourth-order valence-corrected chi connectivity index (χ4v) is 9.80. The number of esters is 3. The van der Waals surface area contributed by atoms with Crippen LogP contribution in [0.25, 0.3) is 0 Å². The van der Waals surface area contributed by atoms with E-state index in [4.69, 9.17) is 14.2 Å². The highest BCUT2D eigenvalue weighted by atomic mass is 16.6. The van der Waals surface area contributed by atoms with E-state index in [0.29, 0.717) is 19.3 Å². The summed E-state index contributed by atoms with van der Waals surface area (Å²) in [6.07, 6.45) is 79.7. The molecule has 438 valence electrons. The van der Waals surface area contributed by atoms with Crippen LogP contribution < -0.4 is 0 Å². The van der Waals surface area contributed by atoms with Crippen LogP contribution >= 0.6 is 0 Å². The Morgan fingerprint density at radius 3 is 0.760 bits per heavy atom. The predicted octanol–water partition coefficient (Wildman–Crippen LogP) is 22.6. The number of carbonyl (C=O) groups is 3. The second kappa shape index (κ2) is 63.9. The zero-order valence-electron chi connectivity index (χ0n) is 50.3. The van der Waals surface area contributed by atoms with Crippen molar-refractivity contribution in [2.24, 2.45) is 0 Å². The SMILES string of the molecule is CCCCCCC/C=C\C/C=C\C/C=C\CCCCCCCCCCC(=O)OCC(COC(=O)CCCCCCCCCCCCCCCCC)OC(=O)CCCCCCCCCCC/C=C\CCCCCCCC. The van der Waals surface area contributed by atoms with Crippen molar-refractivity contribution in [2.45, 2.75) is 361 Å². The van der Waals surface area contributed by atoms with E-state index in [2.05, 4.69) is 69.4 Å². The third kappa shape index (κ3) is 62.1. The number of hydrogen-bond donors (Lipinski definition) is 0. The molecule has 0 aromatic rings. The molecule has 75 heavy (non-hydrogen) atoms. The summed E-state index contributed by atoms with van der Waals surface area (Å²) in [5, 5.41) is 0. The molecule has 0 aliphatic rings. The lowest BCUT2D eigenvalue weighted by Crippen LogP contribution is -2.30. The summed E-state index contributed by atoms with van der Waals surface area (Å²) >= 11 is 0. The molecule has 0 fully saturated rings. The maximum absolute atomic E-state index is 12.9. The molecule has 0 heterocycles. The van der Waals surface area contributed by atoms with Gasteiger partial charge in [-0.25, -0.2) is 0 Å². The molecule has 0 aromatic carbocycles. The number of hydrogen-bond acceptors (Lipinski definition) is 6. The standard InChI is InChI=1S/C69H126O6/c1-4-7-10-13-16-19-22-25-28-30-32-33-34-35-37-38-41-44-47-50-53-56-59-62-68(71)74-65-66(64-73-67(70)61-58-55-52-49-46-43-40-27-24-21-18-15-12-9-6-3)75-69(72)63-60-57-54-51-48-45-42-39-36-31-29-26-23-20-17-14-11-8-5-2/h22,25-26,29-30,32,34-35,66H,4-21,23-24,27-28,31,33,36-65H2,1-3H3/b25-22-,29-26-,32-30-,35-34-. The molecule has 1 atom stereocenters. The molecule has 0 aliphatic heterocycles. The van der Waals surface area contributed by atoms with Crippen LogP contribution in [0.2, 0.25) is 0 Å². The smallest absolute Gasteiger partial charge is 0.306 e. The molecule has 6 nitrogen and oxygen atoms in total. The first kappa shape index (κ1) is 72.4. The van der Waals surface area contributed by atoms with E-state index in [1.165, 1.54) is 238 Å². The van der Waals surface area contributed by atoms with Crippen LogP contribution in [0.4, 0.5) is 0 Å². The topological polar surface area (TPSA) is 78.9 Å². The number of carbonyl (C=O) groups excluding carboxylic acids is 3. The van der Waals surface area contributed by atoms with Gasteiger partial charge >= 0.3 is 17.9 Å². The Morgan fingerprint density at radius 1 is 0.267 bits per heavy atom. The first-order chi connectivity index (χ1) is 37.0. The molecule has 0 rings (SSSR count). The summed E-state index contributed by atoms with van der Waals surface area (Å²) < 4.78 is 17.0. The Morgan fingerprint density at radius 2 is 0.480 bits per heavy atom. The molecule has 0 radical (unpaired) electrons. The number of allylic oxidation sites excluding steroid dienone is 8. The molecule has 1 unspecified atom stereocenters. The van der Waals surface area contributed by atoms with E-state index >= 15 is 0 Å².